The predicted octanol–water partition coefficient (Wildman–Crippen LogP) is 15.7. The van der Waals surface area contributed by atoms with Crippen LogP contribution in [0.2, 0.25) is 0 Å². The quantitative estimate of drug-likeness (QED) is 0.150. The van der Waals surface area contributed by atoms with E-state index in [0.29, 0.717) is 34.2 Å². The fourth-order valence-electron chi connectivity index (χ4n) is 10.4. The van der Waals surface area contributed by atoms with Gasteiger partial charge < -0.3 is 9.13 Å². The molecule has 0 unspecified atom stereocenters. The van der Waals surface area contributed by atoms with Crippen molar-refractivity contribution in [2.75, 3.05) is 0 Å². The lowest BCUT2D eigenvalue weighted by molar-refractivity contribution is 1.07. The molecule has 0 spiro atoms. The third-order valence-electron chi connectivity index (χ3n) is 13.9. The minimum absolute atomic E-state index is 0.431. The Bertz CT molecular complexity index is 4180. The van der Waals surface area contributed by atoms with E-state index in [2.05, 4.69) is 161 Å². The van der Waals surface area contributed by atoms with Crippen LogP contribution in [0.1, 0.15) is 16.7 Å². The largest absolute Gasteiger partial charge is 0.309 e. The van der Waals surface area contributed by atoms with Gasteiger partial charge in [-0.05, 0) is 118 Å². The molecule has 74 heavy (non-hydrogen) atoms. The molecule has 0 aliphatic rings. The van der Waals surface area contributed by atoms with E-state index in [-0.39, 0.29) is 0 Å². The molecule has 0 N–H and O–H groups in total. The van der Waals surface area contributed by atoms with Gasteiger partial charge in [-0.25, -0.2) is 15.0 Å². The fraction of sp³-hybridized carbons (Fsp3) is 0. The highest BCUT2D eigenvalue weighted by molar-refractivity contribution is 6.10. The summed E-state index contributed by atoms with van der Waals surface area (Å²) >= 11 is 0. The van der Waals surface area contributed by atoms with E-state index in [4.69, 9.17) is 15.0 Å². The van der Waals surface area contributed by atoms with E-state index in [1.807, 2.05) is 97.1 Å². The number of nitrogens with zero attached hydrogens (tertiary/aromatic N) is 8. The Labute approximate surface area is 425 Å². The summed E-state index contributed by atoms with van der Waals surface area (Å²) in [5.41, 5.74) is 15.3. The molecule has 0 atom stereocenters. The third-order valence-corrected chi connectivity index (χ3v) is 13.9. The number of aromatic nitrogens is 5. The van der Waals surface area contributed by atoms with Crippen LogP contribution in [0.5, 0.6) is 0 Å². The normalized spacial score (nSPS) is 11.2. The Morgan fingerprint density at radius 3 is 1.04 bits per heavy atom. The van der Waals surface area contributed by atoms with Crippen molar-refractivity contribution in [3.63, 3.8) is 0 Å². The summed E-state index contributed by atoms with van der Waals surface area (Å²) in [4.78, 5) is 16.3. The molecule has 0 saturated heterocycles. The van der Waals surface area contributed by atoms with Gasteiger partial charge in [-0.2, -0.15) is 15.8 Å². The molecule has 0 amide bonds. The molecule has 8 heteroatoms. The Balaban J connectivity index is 1.10. The minimum Gasteiger partial charge on any atom is -0.309 e. The standard InChI is InChI=1S/C66H38N8/c67-39-42-23-25-45(26-24-42)46-27-29-47(30-28-46)64-70-65(58-37-50(31-33-52(58)48-13-9-11-43(35-48)40-68)73-60-19-5-1-15-54(60)55-16-2-6-20-61(55)73)72-66(71-64)59-38-51(32-34-53(59)49-14-10-12-44(36-49)41-69)74-62-21-7-3-17-56(62)57-18-4-8-22-63(57)74/h1-38H. The van der Waals surface area contributed by atoms with Crippen LogP contribution in [0.4, 0.5) is 0 Å². The second kappa shape index (κ2) is 17.9. The minimum atomic E-state index is 0.431. The average Bonchev–Trinajstić information content (AvgIpc) is 4.00. The van der Waals surface area contributed by atoms with Crippen LogP contribution in [0, 0.1) is 34.0 Å². The summed E-state index contributed by atoms with van der Waals surface area (Å²) < 4.78 is 4.56. The third kappa shape index (κ3) is 7.42. The topological polar surface area (TPSA) is 120 Å². The highest BCUT2D eigenvalue weighted by atomic mass is 15.0. The van der Waals surface area contributed by atoms with Gasteiger partial charge in [0.25, 0.3) is 0 Å². The zero-order valence-corrected chi connectivity index (χ0v) is 39.5. The van der Waals surface area contributed by atoms with E-state index >= 15 is 0 Å². The zero-order chi connectivity index (χ0) is 49.7. The van der Waals surface area contributed by atoms with Crippen molar-refractivity contribution in [3.8, 4) is 97.1 Å². The molecule has 0 aliphatic carbocycles. The molecule has 0 bridgehead atoms. The van der Waals surface area contributed by atoms with Crippen molar-refractivity contribution in [3.05, 3.63) is 247 Å². The van der Waals surface area contributed by atoms with Crippen molar-refractivity contribution < 1.29 is 0 Å². The van der Waals surface area contributed by atoms with Crippen molar-refractivity contribution in [2.45, 2.75) is 0 Å². The van der Waals surface area contributed by atoms with Gasteiger partial charge in [-0.15, -0.1) is 0 Å². The summed E-state index contributed by atoms with van der Waals surface area (Å²) in [6, 6.07) is 84.3. The fourth-order valence-corrected chi connectivity index (χ4v) is 10.4. The first-order valence-corrected chi connectivity index (χ1v) is 24.2. The molecular weight excluding hydrogens is 905 g/mol. The second-order valence-corrected chi connectivity index (χ2v) is 18.2. The van der Waals surface area contributed by atoms with Crippen molar-refractivity contribution in [2.24, 2.45) is 0 Å². The van der Waals surface area contributed by atoms with Gasteiger partial charge in [-0.3, -0.25) is 0 Å². The molecule has 0 saturated carbocycles. The van der Waals surface area contributed by atoms with Crippen molar-refractivity contribution >= 4 is 43.6 Å². The monoisotopic (exact) mass is 942 g/mol. The SMILES string of the molecule is N#Cc1ccc(-c2ccc(-c3nc(-c4cc(-n5c6ccccc6c6ccccc65)ccc4-c4cccc(C#N)c4)nc(-c4cc(-n5c6ccccc6c6ccccc65)ccc4-c4cccc(C#N)c4)n3)cc2)cc1. The first kappa shape index (κ1) is 43.3. The summed E-state index contributed by atoms with van der Waals surface area (Å²) in [6.45, 7) is 0. The highest BCUT2D eigenvalue weighted by Crippen LogP contribution is 2.41. The maximum atomic E-state index is 10.1. The Hall–Kier alpha value is -10.7. The molecule has 3 heterocycles. The summed E-state index contributed by atoms with van der Waals surface area (Å²) in [7, 11) is 0. The maximum Gasteiger partial charge on any atom is 0.164 e. The number of benzene rings is 10. The number of para-hydroxylation sites is 4. The molecule has 3 aromatic heterocycles. The van der Waals surface area contributed by atoms with E-state index < -0.39 is 0 Å². The van der Waals surface area contributed by atoms with Crippen LogP contribution in [-0.2, 0) is 0 Å². The van der Waals surface area contributed by atoms with Crippen molar-refractivity contribution in [1.29, 1.82) is 15.8 Å². The van der Waals surface area contributed by atoms with E-state index in [9.17, 15) is 15.8 Å². The van der Waals surface area contributed by atoms with Gasteiger partial charge in [0.2, 0.25) is 0 Å². The Morgan fingerprint density at radius 1 is 0.270 bits per heavy atom. The molecule has 0 aliphatic heterocycles. The predicted molar refractivity (Wildman–Crippen MR) is 295 cm³/mol. The van der Waals surface area contributed by atoms with E-state index in [1.165, 1.54) is 0 Å². The molecular formula is C66H38N8. The smallest absolute Gasteiger partial charge is 0.164 e. The second-order valence-electron chi connectivity index (χ2n) is 18.2. The average molecular weight is 943 g/mol. The van der Waals surface area contributed by atoms with Gasteiger partial charge in [0.15, 0.2) is 17.5 Å². The van der Waals surface area contributed by atoms with Crippen LogP contribution in [0.3, 0.4) is 0 Å². The maximum absolute atomic E-state index is 10.1. The van der Waals surface area contributed by atoms with Gasteiger partial charge in [0.05, 0.1) is 57.0 Å². The Kier molecular flexibility index (Phi) is 10.5. The number of hydrogen-bond donors (Lipinski definition) is 0. The molecule has 13 rings (SSSR count). The lowest BCUT2D eigenvalue weighted by atomic mass is 9.95. The van der Waals surface area contributed by atoms with E-state index in [0.717, 1.165) is 105 Å². The van der Waals surface area contributed by atoms with Gasteiger partial charge in [0.1, 0.15) is 0 Å². The molecule has 0 fully saturated rings. The van der Waals surface area contributed by atoms with Crippen LogP contribution >= 0.6 is 0 Å². The molecule has 342 valence electrons. The summed E-state index contributed by atoms with van der Waals surface area (Å²) in [5, 5.41) is 34.3. The van der Waals surface area contributed by atoms with Crippen LogP contribution in [0.25, 0.3) is 123 Å². The van der Waals surface area contributed by atoms with Crippen LogP contribution in [-0.4, -0.2) is 24.1 Å². The Morgan fingerprint density at radius 2 is 0.635 bits per heavy atom. The first-order valence-electron chi connectivity index (χ1n) is 24.2. The number of fused-ring (bicyclic) bond motifs is 6. The van der Waals surface area contributed by atoms with Gasteiger partial charge in [0, 0.05) is 49.6 Å². The molecule has 10 aromatic carbocycles. The van der Waals surface area contributed by atoms with Crippen LogP contribution < -0.4 is 0 Å². The molecule has 0 radical (unpaired) electrons. The number of nitriles is 3. The van der Waals surface area contributed by atoms with Gasteiger partial charge >= 0.3 is 0 Å². The highest BCUT2D eigenvalue weighted by Gasteiger charge is 2.22. The molecule has 8 nitrogen and oxygen atoms in total. The number of rotatable bonds is 8. The zero-order valence-electron chi connectivity index (χ0n) is 39.5. The van der Waals surface area contributed by atoms with Crippen LogP contribution in [0.15, 0.2) is 231 Å². The lowest BCUT2D eigenvalue weighted by Crippen LogP contribution is -2.04. The first-order chi connectivity index (χ1) is 36.5. The van der Waals surface area contributed by atoms with Gasteiger partial charge in [-0.1, -0.05) is 146 Å². The molecule has 13 aromatic rings. The summed E-state index contributed by atoms with van der Waals surface area (Å²) in [6.07, 6.45) is 0. The number of hydrogen-bond acceptors (Lipinski definition) is 6. The lowest BCUT2D eigenvalue weighted by Gasteiger charge is -2.17. The summed E-state index contributed by atoms with van der Waals surface area (Å²) in [5.74, 6) is 1.31. The van der Waals surface area contributed by atoms with E-state index in [1.54, 1.807) is 0 Å². The van der Waals surface area contributed by atoms with Crippen molar-refractivity contribution in [1.82, 2.24) is 24.1 Å².